The largest absolute Gasteiger partial charge is 0.495 e. The normalized spacial score (nSPS) is 17.6. The maximum Gasteiger partial charge on any atom is 0.410 e. The van der Waals surface area contributed by atoms with Crippen molar-refractivity contribution in [1.29, 1.82) is 0 Å². The minimum absolute atomic E-state index is 0.340. The smallest absolute Gasteiger partial charge is 0.410 e. The summed E-state index contributed by atoms with van der Waals surface area (Å²) in [5.74, 6) is 0.587. The maximum absolute atomic E-state index is 12.2. The van der Waals surface area contributed by atoms with Crippen molar-refractivity contribution in [3.05, 3.63) is 30.1 Å². The summed E-state index contributed by atoms with van der Waals surface area (Å²) in [5.41, 5.74) is 0.0439. The molecule has 2 aromatic rings. The Hall–Kier alpha value is -2.28. The van der Waals surface area contributed by atoms with E-state index in [0.29, 0.717) is 31.7 Å². The third kappa shape index (κ3) is 3.56. The predicted octanol–water partition coefficient (Wildman–Crippen LogP) is 2.56. The predicted molar refractivity (Wildman–Crippen MR) is 92.7 cm³/mol. The zero-order valence-electron chi connectivity index (χ0n) is 15.2. The molecule has 0 radical (unpaired) electrons. The molecule has 7 heteroatoms. The molecule has 25 heavy (non-hydrogen) atoms. The average Bonchev–Trinajstić information content (AvgIpc) is 3.00. The van der Waals surface area contributed by atoms with Gasteiger partial charge in [0.1, 0.15) is 11.4 Å². The molecule has 1 amide bonds. The summed E-state index contributed by atoms with van der Waals surface area (Å²) in [6, 6.07) is 3.77. The van der Waals surface area contributed by atoms with Crippen molar-refractivity contribution < 1.29 is 19.4 Å². The molecule has 0 unspecified atom stereocenters. The van der Waals surface area contributed by atoms with Gasteiger partial charge in [-0.3, -0.25) is 0 Å². The van der Waals surface area contributed by atoms with E-state index < -0.39 is 11.2 Å². The number of ether oxygens (including phenoxy) is 2. The lowest BCUT2D eigenvalue weighted by atomic mass is 9.84. The first-order valence-corrected chi connectivity index (χ1v) is 8.44. The summed E-state index contributed by atoms with van der Waals surface area (Å²) in [5, 5.41) is 15.4. The maximum atomic E-state index is 12.2. The molecule has 1 fully saturated rings. The van der Waals surface area contributed by atoms with Crippen LogP contribution in [0.25, 0.3) is 5.52 Å². The Morgan fingerprint density at radius 2 is 2.00 bits per heavy atom. The van der Waals surface area contributed by atoms with Crippen molar-refractivity contribution in [3.8, 4) is 5.75 Å². The van der Waals surface area contributed by atoms with E-state index in [1.807, 2.05) is 32.9 Å². The van der Waals surface area contributed by atoms with Gasteiger partial charge in [0, 0.05) is 24.8 Å². The van der Waals surface area contributed by atoms with E-state index in [9.17, 15) is 9.90 Å². The van der Waals surface area contributed by atoms with E-state index in [1.54, 1.807) is 28.9 Å². The van der Waals surface area contributed by atoms with Crippen LogP contribution in [-0.4, -0.2) is 51.5 Å². The summed E-state index contributed by atoms with van der Waals surface area (Å²) in [6.07, 6.45) is 3.98. The van der Waals surface area contributed by atoms with Gasteiger partial charge in [-0.25, -0.2) is 9.31 Å². The lowest BCUT2D eigenvalue weighted by Crippen LogP contribution is -2.47. The van der Waals surface area contributed by atoms with Gasteiger partial charge in [-0.1, -0.05) is 0 Å². The van der Waals surface area contributed by atoms with Crippen LogP contribution in [-0.2, 0) is 10.3 Å². The fourth-order valence-electron chi connectivity index (χ4n) is 3.13. The first-order valence-electron chi connectivity index (χ1n) is 8.44. The molecule has 0 aromatic carbocycles. The number of pyridine rings is 1. The molecule has 1 aliphatic heterocycles. The number of aromatic nitrogens is 2. The highest BCUT2D eigenvalue weighted by atomic mass is 16.6. The van der Waals surface area contributed by atoms with Crippen molar-refractivity contribution in [1.82, 2.24) is 14.5 Å². The van der Waals surface area contributed by atoms with Crippen LogP contribution in [0, 0.1) is 0 Å². The van der Waals surface area contributed by atoms with Gasteiger partial charge in [-0.15, -0.1) is 0 Å². The molecular formula is C18H25N3O4. The number of nitrogens with zero attached hydrogens (tertiary/aromatic N) is 3. The summed E-state index contributed by atoms with van der Waals surface area (Å²) in [7, 11) is 1.58. The van der Waals surface area contributed by atoms with E-state index in [4.69, 9.17) is 9.47 Å². The molecule has 3 heterocycles. The highest BCUT2D eigenvalue weighted by Gasteiger charge is 2.38. The number of likely N-dealkylation sites (tertiary alicyclic amines) is 1. The number of fused-ring (bicyclic) bond motifs is 1. The Morgan fingerprint density at radius 3 is 2.60 bits per heavy atom. The van der Waals surface area contributed by atoms with Gasteiger partial charge in [0.15, 0.2) is 0 Å². The van der Waals surface area contributed by atoms with Crippen molar-refractivity contribution in [2.75, 3.05) is 20.2 Å². The molecule has 3 rings (SSSR count). The number of methoxy groups -OCH3 is 1. The molecule has 1 saturated heterocycles. The topological polar surface area (TPSA) is 76.3 Å². The van der Waals surface area contributed by atoms with Crippen molar-refractivity contribution in [2.45, 2.75) is 44.8 Å². The minimum Gasteiger partial charge on any atom is -0.495 e. The Labute approximate surface area is 147 Å². The first kappa shape index (κ1) is 17.5. The van der Waals surface area contributed by atoms with Crippen LogP contribution in [0.4, 0.5) is 4.79 Å². The van der Waals surface area contributed by atoms with Crippen LogP contribution in [0.15, 0.2) is 24.5 Å². The molecule has 0 aliphatic carbocycles. The highest BCUT2D eigenvalue weighted by Crippen LogP contribution is 2.39. The summed E-state index contributed by atoms with van der Waals surface area (Å²) in [6.45, 7) is 6.39. The molecule has 136 valence electrons. The van der Waals surface area contributed by atoms with Crippen molar-refractivity contribution in [3.63, 3.8) is 0 Å². The summed E-state index contributed by atoms with van der Waals surface area (Å²) < 4.78 is 12.6. The molecular weight excluding hydrogens is 322 g/mol. The van der Waals surface area contributed by atoms with Gasteiger partial charge in [0.2, 0.25) is 0 Å². The van der Waals surface area contributed by atoms with Crippen LogP contribution in [0.3, 0.4) is 0 Å². The second-order valence-corrected chi connectivity index (χ2v) is 7.46. The molecule has 0 atom stereocenters. The number of aliphatic hydroxyl groups is 1. The molecule has 0 spiro atoms. The van der Waals surface area contributed by atoms with Gasteiger partial charge in [-0.05, 0) is 45.7 Å². The standard InChI is InChI=1S/C18H25N3O4/c1-17(2,3)25-16(22)20-9-6-18(23,7-10-20)14-11-13-5-8-19-21(13)12-15(14)24-4/h5,8,11-12,23H,6-7,9-10H2,1-4H3. The Balaban J connectivity index is 1.79. The van der Waals surface area contributed by atoms with Crippen LogP contribution in [0.5, 0.6) is 5.75 Å². The van der Waals surface area contributed by atoms with Gasteiger partial charge < -0.3 is 19.5 Å². The average molecular weight is 347 g/mol. The zero-order chi connectivity index (χ0) is 18.2. The third-order valence-corrected chi connectivity index (χ3v) is 4.46. The van der Waals surface area contributed by atoms with E-state index in [-0.39, 0.29) is 6.09 Å². The SMILES string of the molecule is COc1cn2nccc2cc1C1(O)CCN(C(=O)OC(C)(C)C)CC1. The molecule has 1 aliphatic rings. The fraction of sp³-hybridized carbons (Fsp3) is 0.556. The van der Waals surface area contributed by atoms with Crippen molar-refractivity contribution in [2.24, 2.45) is 0 Å². The van der Waals surface area contributed by atoms with Gasteiger partial charge in [0.05, 0.1) is 24.4 Å². The first-order chi connectivity index (χ1) is 11.7. The van der Waals surface area contributed by atoms with Crippen LogP contribution in [0.1, 0.15) is 39.2 Å². The highest BCUT2D eigenvalue weighted by molar-refractivity contribution is 5.68. The number of rotatable bonds is 2. The molecule has 1 N–H and O–H groups in total. The van der Waals surface area contributed by atoms with E-state index in [1.165, 1.54) is 0 Å². The Morgan fingerprint density at radius 1 is 1.32 bits per heavy atom. The third-order valence-electron chi connectivity index (χ3n) is 4.46. The minimum atomic E-state index is -1.05. The number of carbonyl (C=O) groups excluding carboxylic acids is 1. The Kier molecular flexibility index (Phi) is 4.36. The van der Waals surface area contributed by atoms with Crippen LogP contribution in [0.2, 0.25) is 0 Å². The molecule has 7 nitrogen and oxygen atoms in total. The van der Waals surface area contributed by atoms with Gasteiger partial charge in [-0.2, -0.15) is 5.10 Å². The lowest BCUT2D eigenvalue weighted by molar-refractivity contribution is -0.0367. The lowest BCUT2D eigenvalue weighted by Gasteiger charge is -2.39. The van der Waals surface area contributed by atoms with Crippen LogP contribution >= 0.6 is 0 Å². The van der Waals surface area contributed by atoms with Crippen LogP contribution < -0.4 is 4.74 Å². The van der Waals surface area contributed by atoms with E-state index >= 15 is 0 Å². The van der Waals surface area contributed by atoms with Gasteiger partial charge >= 0.3 is 6.09 Å². The van der Waals surface area contributed by atoms with Gasteiger partial charge in [0.25, 0.3) is 0 Å². The number of amides is 1. The number of hydrogen-bond acceptors (Lipinski definition) is 5. The molecule has 0 bridgehead atoms. The summed E-state index contributed by atoms with van der Waals surface area (Å²) >= 11 is 0. The fourth-order valence-corrected chi connectivity index (χ4v) is 3.13. The molecule has 0 saturated carbocycles. The number of piperidine rings is 1. The monoisotopic (exact) mass is 347 g/mol. The Bertz CT molecular complexity index is 770. The quantitative estimate of drug-likeness (QED) is 0.903. The zero-order valence-corrected chi connectivity index (χ0v) is 15.2. The second kappa shape index (κ2) is 6.22. The number of hydrogen-bond donors (Lipinski definition) is 1. The summed E-state index contributed by atoms with van der Waals surface area (Å²) in [4.78, 5) is 13.9. The van der Waals surface area contributed by atoms with Crippen molar-refractivity contribution >= 4 is 11.6 Å². The van der Waals surface area contributed by atoms with E-state index in [2.05, 4.69) is 5.10 Å². The second-order valence-electron chi connectivity index (χ2n) is 7.46. The molecule has 2 aromatic heterocycles. The number of carbonyl (C=O) groups is 1. The van der Waals surface area contributed by atoms with E-state index in [0.717, 1.165) is 11.1 Å².